The molecule has 2 amide bonds. The van der Waals surface area contributed by atoms with Gasteiger partial charge in [0.1, 0.15) is 6.23 Å². The van der Waals surface area contributed by atoms with Gasteiger partial charge >= 0.3 is 0 Å². The highest BCUT2D eigenvalue weighted by molar-refractivity contribution is 6.21. The first-order valence-electron chi connectivity index (χ1n) is 10.9. The van der Waals surface area contributed by atoms with Gasteiger partial charge in [0, 0.05) is 13.1 Å². The van der Waals surface area contributed by atoms with Crippen LogP contribution in [0.3, 0.4) is 0 Å². The Morgan fingerprint density at radius 3 is 2.48 bits per heavy atom. The van der Waals surface area contributed by atoms with Gasteiger partial charge in [0.2, 0.25) is 0 Å². The highest BCUT2D eigenvalue weighted by Crippen LogP contribution is 2.22. The van der Waals surface area contributed by atoms with Crippen LogP contribution in [0.5, 0.6) is 0 Å². The lowest BCUT2D eigenvalue weighted by Gasteiger charge is -2.35. The number of nitrogens with one attached hydrogen (secondary N) is 1. The van der Waals surface area contributed by atoms with E-state index >= 15 is 0 Å². The first kappa shape index (κ1) is 20.3. The average Bonchev–Trinajstić information content (AvgIpc) is 2.99. The molecular weight excluding hydrogens is 366 g/mol. The van der Waals surface area contributed by atoms with E-state index in [2.05, 4.69) is 10.2 Å². The molecule has 4 rings (SSSR count). The van der Waals surface area contributed by atoms with Gasteiger partial charge in [0.05, 0.1) is 17.7 Å². The number of piperidine rings is 2. The van der Waals surface area contributed by atoms with Gasteiger partial charge < -0.3 is 9.64 Å². The summed E-state index contributed by atoms with van der Waals surface area (Å²) >= 11 is 0. The molecule has 3 aliphatic heterocycles. The van der Waals surface area contributed by atoms with Crippen LogP contribution < -0.4 is 5.32 Å². The average molecular weight is 398 g/mol. The maximum atomic E-state index is 12.3. The number of nitrogens with zero attached hydrogens (tertiary/aromatic N) is 2. The lowest BCUT2D eigenvalue weighted by molar-refractivity contribution is 0.00552. The molecule has 0 saturated carbocycles. The van der Waals surface area contributed by atoms with Gasteiger partial charge in [-0.2, -0.15) is 0 Å². The first-order chi connectivity index (χ1) is 14.2. The molecule has 2 atom stereocenters. The van der Waals surface area contributed by atoms with Crippen LogP contribution in [0.2, 0.25) is 0 Å². The number of amides is 2. The van der Waals surface area contributed by atoms with Crippen LogP contribution in [0.4, 0.5) is 0 Å². The summed E-state index contributed by atoms with van der Waals surface area (Å²) in [5.74, 6) is 0.262. The fourth-order valence-electron chi connectivity index (χ4n) is 4.58. The highest BCUT2D eigenvalue weighted by atomic mass is 16.5. The zero-order valence-corrected chi connectivity index (χ0v) is 17.0. The van der Waals surface area contributed by atoms with Crippen LogP contribution in [0.1, 0.15) is 52.8 Å². The molecule has 156 valence electrons. The molecule has 0 aliphatic carbocycles. The molecule has 2 fully saturated rings. The maximum absolute atomic E-state index is 12.3. The number of likely N-dealkylation sites (tertiary alicyclic amines) is 1. The summed E-state index contributed by atoms with van der Waals surface area (Å²) < 4.78 is 5.98. The number of imide groups is 1. The SMILES string of the molecule is O=C1c2ccccc2C(=O)N1C/C=C\COC1CC(CN2CCCCC2)CCN1. The Kier molecular flexibility index (Phi) is 6.74. The molecule has 0 aromatic heterocycles. The maximum Gasteiger partial charge on any atom is 0.261 e. The number of rotatable bonds is 7. The van der Waals surface area contributed by atoms with Crippen molar-refractivity contribution in [3.63, 3.8) is 0 Å². The lowest BCUT2D eigenvalue weighted by Crippen LogP contribution is -2.44. The Labute approximate surface area is 172 Å². The minimum atomic E-state index is -0.217. The van der Waals surface area contributed by atoms with Crippen molar-refractivity contribution in [3.8, 4) is 0 Å². The summed E-state index contributed by atoms with van der Waals surface area (Å²) in [5, 5.41) is 3.45. The minimum absolute atomic E-state index is 0.0856. The number of fused-ring (bicyclic) bond motifs is 1. The second-order valence-corrected chi connectivity index (χ2v) is 8.27. The Bertz CT molecular complexity index is 722. The summed E-state index contributed by atoms with van der Waals surface area (Å²) in [6.07, 6.45) is 10.1. The van der Waals surface area contributed by atoms with Crippen LogP contribution in [-0.2, 0) is 4.74 Å². The monoisotopic (exact) mass is 397 g/mol. The van der Waals surface area contributed by atoms with Crippen LogP contribution in [0, 0.1) is 5.92 Å². The van der Waals surface area contributed by atoms with Crippen molar-refractivity contribution >= 4 is 11.8 Å². The van der Waals surface area contributed by atoms with Crippen molar-refractivity contribution in [1.29, 1.82) is 0 Å². The third kappa shape index (κ3) is 4.94. The number of hydrogen-bond donors (Lipinski definition) is 1. The molecule has 1 N–H and O–H groups in total. The molecule has 2 saturated heterocycles. The Hall–Kier alpha value is -2.02. The summed E-state index contributed by atoms with van der Waals surface area (Å²) in [7, 11) is 0. The second kappa shape index (κ2) is 9.65. The molecule has 0 bridgehead atoms. The summed E-state index contributed by atoms with van der Waals surface area (Å²) in [6.45, 7) is 5.45. The van der Waals surface area contributed by atoms with Crippen molar-refractivity contribution in [2.75, 3.05) is 39.3 Å². The molecule has 0 radical (unpaired) electrons. The van der Waals surface area contributed by atoms with Gasteiger partial charge in [-0.3, -0.25) is 19.8 Å². The molecule has 3 aliphatic rings. The van der Waals surface area contributed by atoms with Crippen molar-refractivity contribution < 1.29 is 14.3 Å². The molecule has 3 heterocycles. The molecule has 0 spiro atoms. The van der Waals surface area contributed by atoms with E-state index in [-0.39, 0.29) is 24.6 Å². The van der Waals surface area contributed by atoms with Gasteiger partial charge in [-0.1, -0.05) is 30.7 Å². The predicted molar refractivity (Wildman–Crippen MR) is 112 cm³/mol. The molecule has 6 heteroatoms. The second-order valence-electron chi connectivity index (χ2n) is 8.27. The normalized spacial score (nSPS) is 25.7. The third-order valence-electron chi connectivity index (χ3n) is 6.16. The standard InChI is InChI=1S/C23H31N3O3/c27-22-19-8-2-3-9-20(19)23(28)26(22)14-6-7-15-29-21-16-18(10-11-24-21)17-25-12-4-1-5-13-25/h2-3,6-9,18,21,24H,1,4-5,10-17H2/b7-6-. The quantitative estimate of drug-likeness (QED) is 0.566. The number of hydrogen-bond acceptors (Lipinski definition) is 5. The van der Waals surface area contributed by atoms with E-state index in [9.17, 15) is 9.59 Å². The van der Waals surface area contributed by atoms with E-state index in [0.717, 1.165) is 13.0 Å². The fraction of sp³-hybridized carbons (Fsp3) is 0.565. The topological polar surface area (TPSA) is 61.9 Å². The Balaban J connectivity index is 1.19. The molecule has 1 aromatic rings. The largest absolute Gasteiger partial charge is 0.359 e. The molecule has 6 nitrogen and oxygen atoms in total. The van der Waals surface area contributed by atoms with E-state index in [1.165, 1.54) is 50.2 Å². The number of ether oxygens (including phenoxy) is 1. The third-order valence-corrected chi connectivity index (χ3v) is 6.16. The molecule has 2 unspecified atom stereocenters. The fourth-order valence-corrected chi connectivity index (χ4v) is 4.58. The smallest absolute Gasteiger partial charge is 0.261 e. The summed E-state index contributed by atoms with van der Waals surface area (Å²) in [5.41, 5.74) is 0.988. The van der Waals surface area contributed by atoms with Crippen LogP contribution in [0.25, 0.3) is 0 Å². The Morgan fingerprint density at radius 2 is 1.76 bits per heavy atom. The highest BCUT2D eigenvalue weighted by Gasteiger charge is 2.34. The molecule has 29 heavy (non-hydrogen) atoms. The van der Waals surface area contributed by atoms with E-state index in [4.69, 9.17) is 4.74 Å². The van der Waals surface area contributed by atoms with Gasteiger partial charge in [0.25, 0.3) is 11.8 Å². The van der Waals surface area contributed by atoms with Crippen LogP contribution >= 0.6 is 0 Å². The molecule has 1 aromatic carbocycles. The zero-order valence-electron chi connectivity index (χ0n) is 17.0. The lowest BCUT2D eigenvalue weighted by atomic mass is 9.95. The minimum Gasteiger partial charge on any atom is -0.359 e. The van der Waals surface area contributed by atoms with Gasteiger partial charge in [-0.05, 0) is 63.4 Å². The molecular formula is C23H31N3O3. The number of carbonyl (C=O) groups is 2. The van der Waals surface area contributed by atoms with E-state index in [1.807, 2.05) is 12.2 Å². The summed E-state index contributed by atoms with van der Waals surface area (Å²) in [6, 6.07) is 6.98. The van der Waals surface area contributed by atoms with Crippen molar-refractivity contribution in [3.05, 3.63) is 47.5 Å². The van der Waals surface area contributed by atoms with Crippen LogP contribution in [-0.4, -0.2) is 67.2 Å². The van der Waals surface area contributed by atoms with Gasteiger partial charge in [-0.25, -0.2) is 0 Å². The number of benzene rings is 1. The van der Waals surface area contributed by atoms with E-state index in [1.54, 1.807) is 24.3 Å². The van der Waals surface area contributed by atoms with Crippen molar-refractivity contribution in [1.82, 2.24) is 15.1 Å². The van der Waals surface area contributed by atoms with Gasteiger partial charge in [0.15, 0.2) is 0 Å². The van der Waals surface area contributed by atoms with Gasteiger partial charge in [-0.15, -0.1) is 0 Å². The number of carbonyl (C=O) groups excluding carboxylic acids is 2. The van der Waals surface area contributed by atoms with E-state index < -0.39 is 0 Å². The summed E-state index contributed by atoms with van der Waals surface area (Å²) in [4.78, 5) is 28.6. The zero-order chi connectivity index (χ0) is 20.1. The predicted octanol–water partition coefficient (Wildman–Crippen LogP) is 2.67. The van der Waals surface area contributed by atoms with Crippen molar-refractivity contribution in [2.45, 2.75) is 38.3 Å². The first-order valence-corrected chi connectivity index (χ1v) is 10.9. The Morgan fingerprint density at radius 1 is 1.03 bits per heavy atom. The van der Waals surface area contributed by atoms with Crippen LogP contribution in [0.15, 0.2) is 36.4 Å². The van der Waals surface area contributed by atoms with E-state index in [0.29, 0.717) is 23.7 Å². The van der Waals surface area contributed by atoms with Crippen molar-refractivity contribution in [2.24, 2.45) is 5.92 Å².